The van der Waals surface area contributed by atoms with Gasteiger partial charge in [-0.1, -0.05) is 0 Å². The number of hydrogen-bond donors (Lipinski definition) is 0. The quantitative estimate of drug-likeness (QED) is 0.451. The van der Waals surface area contributed by atoms with E-state index in [1.54, 1.807) is 0 Å². The van der Waals surface area contributed by atoms with Crippen LogP contribution in [0.3, 0.4) is 0 Å². The highest BCUT2D eigenvalue weighted by atomic mass is 35.8. The standard InChI is InChI=1S/Al.3ClH.H4Si/h;3*1H;1H4/q+3;;;;/p-3. The maximum Gasteiger partial charge on any atom is 0.643 e. The molecular weight excluding hydrogens is 161 g/mol. The molecule has 0 aliphatic carbocycles. The lowest BCUT2D eigenvalue weighted by atomic mass is 26.6. The summed E-state index contributed by atoms with van der Waals surface area (Å²) in [4.78, 5) is 0. The van der Waals surface area contributed by atoms with E-state index in [0.717, 1.165) is 0 Å². The molecule has 0 heterocycles. The molecule has 0 atom stereocenters. The summed E-state index contributed by atoms with van der Waals surface area (Å²) in [5, 5.41) is 0. The highest BCUT2D eigenvalue weighted by molar-refractivity contribution is 7.54. The second-order valence-corrected chi connectivity index (χ2v) is 6.68. The van der Waals surface area contributed by atoms with E-state index >= 15 is 0 Å². The molecule has 0 nitrogen and oxygen atoms in total. The molecule has 0 bridgehead atoms. The predicted molar refractivity (Wildman–Crippen MR) is 34.6 cm³/mol. The summed E-state index contributed by atoms with van der Waals surface area (Å²) in [7, 11) is 14.8. The fourth-order valence-corrected chi connectivity index (χ4v) is 0. The molecule has 0 rings (SSSR count). The smallest absolute Gasteiger partial charge is 0.214 e. The average Bonchev–Trinajstić information content (AvgIpc) is 0.811. The van der Waals surface area contributed by atoms with Gasteiger partial charge in [0, 0.05) is 0 Å². The Bertz CT molecular complexity index is 11.6. The maximum absolute atomic E-state index is 4.94. The molecule has 0 saturated heterocycles. The van der Waals surface area contributed by atoms with Crippen molar-refractivity contribution in [2.75, 3.05) is 0 Å². The zero-order valence-electron chi connectivity index (χ0n) is 1.71. The Morgan fingerprint density at radius 2 is 1.00 bits per heavy atom. The minimum Gasteiger partial charge on any atom is -0.214 e. The van der Waals surface area contributed by atoms with Gasteiger partial charge in [0.2, 0.25) is 0 Å². The van der Waals surface area contributed by atoms with E-state index in [9.17, 15) is 0 Å². The zero-order valence-corrected chi connectivity index (χ0v) is 5.13. The summed E-state index contributed by atoms with van der Waals surface area (Å²) in [6.07, 6.45) is 0. The van der Waals surface area contributed by atoms with Gasteiger partial charge in [0.1, 0.15) is 0 Å². The first-order valence-corrected chi connectivity index (χ1v) is 5.89. The Labute approximate surface area is 52.4 Å². The fraction of sp³-hybridized carbons (Fsp3) is 0. The third-order valence-corrected chi connectivity index (χ3v) is 0. The molecule has 0 aromatic rings. The number of hydrogen-bond acceptors (Lipinski definition) is 0. The summed E-state index contributed by atoms with van der Waals surface area (Å²) in [6, 6.07) is 0. The normalized spacial score (nSPS) is 5.40. The molecule has 0 aliphatic rings. The first-order valence-electron chi connectivity index (χ1n) is 0.655. The molecule has 0 radical (unpaired) electrons. The van der Waals surface area contributed by atoms with Crippen LogP contribution in [0, 0.1) is 0 Å². The van der Waals surface area contributed by atoms with Crippen LogP contribution in [0.15, 0.2) is 0 Å². The van der Waals surface area contributed by atoms with Crippen LogP contribution in [0.5, 0.6) is 0 Å². The third kappa shape index (κ3) is 28.1. The molecule has 0 fully saturated rings. The van der Waals surface area contributed by atoms with Crippen LogP contribution in [0.4, 0.5) is 0 Å². The number of halogens is 3. The van der Waals surface area contributed by atoms with Crippen LogP contribution in [0.25, 0.3) is 0 Å². The summed E-state index contributed by atoms with van der Waals surface area (Å²) in [6.45, 7) is 0. The monoisotopic (exact) mass is 164 g/mol. The molecule has 0 unspecified atom stereocenters. The lowest BCUT2D eigenvalue weighted by molar-refractivity contribution is 4.07. The van der Waals surface area contributed by atoms with Crippen LogP contribution >= 0.6 is 30.1 Å². The Balaban J connectivity index is 0. The van der Waals surface area contributed by atoms with E-state index in [1.165, 1.54) is 0 Å². The average molecular weight is 165 g/mol. The van der Waals surface area contributed by atoms with Gasteiger partial charge in [-0.25, -0.2) is 30.1 Å². The lowest BCUT2D eigenvalue weighted by Gasteiger charge is -1.57. The van der Waals surface area contributed by atoms with Gasteiger partial charge < -0.3 is 0 Å². The van der Waals surface area contributed by atoms with Crippen molar-refractivity contribution in [3.05, 3.63) is 0 Å². The molecular formula is H4AlCl3Si. The fourth-order valence-electron chi connectivity index (χ4n) is 0. The Morgan fingerprint density at radius 1 is 1.00 bits per heavy atom. The van der Waals surface area contributed by atoms with Gasteiger partial charge in [-0.05, 0) is 11.0 Å². The molecule has 5 heavy (non-hydrogen) atoms. The van der Waals surface area contributed by atoms with Gasteiger partial charge in [0.15, 0.2) is 0 Å². The SMILES string of the molecule is [Cl][Al]([Cl])[Cl].[SiH4]. The Morgan fingerprint density at radius 3 is 1.00 bits per heavy atom. The summed E-state index contributed by atoms with van der Waals surface area (Å²) in [5.41, 5.74) is 0. The molecule has 5 heteroatoms. The Kier molecular flexibility index (Phi) is 11.0. The van der Waals surface area contributed by atoms with Crippen molar-refractivity contribution in [2.45, 2.75) is 0 Å². The third-order valence-electron chi connectivity index (χ3n) is 0. The highest BCUT2D eigenvalue weighted by Crippen LogP contribution is 1.97. The van der Waals surface area contributed by atoms with Crippen LogP contribution in [0.1, 0.15) is 0 Å². The van der Waals surface area contributed by atoms with Crippen molar-refractivity contribution < 1.29 is 0 Å². The lowest BCUT2D eigenvalue weighted by Crippen LogP contribution is -1.66. The van der Waals surface area contributed by atoms with Gasteiger partial charge >= 0.3 is 11.4 Å². The van der Waals surface area contributed by atoms with Crippen LogP contribution in [-0.4, -0.2) is 22.3 Å². The van der Waals surface area contributed by atoms with Crippen LogP contribution in [-0.2, 0) is 0 Å². The van der Waals surface area contributed by atoms with E-state index in [-0.39, 0.29) is 11.0 Å². The minimum atomic E-state index is -1.72. The van der Waals surface area contributed by atoms with Crippen molar-refractivity contribution in [1.82, 2.24) is 0 Å². The zero-order chi connectivity index (χ0) is 3.58. The first-order chi connectivity index (χ1) is 1.73. The second kappa shape index (κ2) is 5.62. The van der Waals surface area contributed by atoms with E-state index in [2.05, 4.69) is 0 Å². The summed E-state index contributed by atoms with van der Waals surface area (Å²) < 4.78 is 0. The molecule has 32 valence electrons. The molecule has 0 N–H and O–H groups in total. The number of rotatable bonds is 0. The van der Waals surface area contributed by atoms with Crippen LogP contribution in [0.2, 0.25) is 0 Å². The van der Waals surface area contributed by atoms with Gasteiger partial charge in [-0.2, -0.15) is 0 Å². The van der Waals surface area contributed by atoms with Crippen molar-refractivity contribution in [1.29, 1.82) is 0 Å². The van der Waals surface area contributed by atoms with E-state index < -0.39 is 11.4 Å². The van der Waals surface area contributed by atoms with Gasteiger partial charge in [0.25, 0.3) is 0 Å². The van der Waals surface area contributed by atoms with Crippen molar-refractivity contribution in [3.63, 3.8) is 0 Å². The highest BCUT2D eigenvalue weighted by Gasteiger charge is 2.00. The summed E-state index contributed by atoms with van der Waals surface area (Å²) in [5.74, 6) is 0. The molecule has 0 spiro atoms. The predicted octanol–water partition coefficient (Wildman–Crippen LogP) is 0.236. The van der Waals surface area contributed by atoms with Crippen molar-refractivity contribution in [3.8, 4) is 0 Å². The molecule has 0 saturated carbocycles. The van der Waals surface area contributed by atoms with E-state index in [4.69, 9.17) is 30.1 Å². The largest absolute Gasteiger partial charge is 0.643 e. The molecule has 0 aliphatic heterocycles. The van der Waals surface area contributed by atoms with Gasteiger partial charge in [0.05, 0.1) is 0 Å². The Hall–Kier alpha value is 1.62. The molecule has 0 aromatic heterocycles. The van der Waals surface area contributed by atoms with Crippen molar-refractivity contribution in [2.24, 2.45) is 0 Å². The van der Waals surface area contributed by atoms with Gasteiger partial charge in [-0.15, -0.1) is 0 Å². The maximum atomic E-state index is 4.94. The first kappa shape index (κ1) is 9.80. The van der Waals surface area contributed by atoms with Gasteiger partial charge in [-0.3, -0.25) is 0 Å². The summed E-state index contributed by atoms with van der Waals surface area (Å²) >= 11 is -1.72. The van der Waals surface area contributed by atoms with Crippen molar-refractivity contribution >= 4 is 52.5 Å². The topological polar surface area (TPSA) is 0 Å². The van der Waals surface area contributed by atoms with E-state index in [0.29, 0.717) is 0 Å². The molecule has 0 aromatic carbocycles. The van der Waals surface area contributed by atoms with Crippen LogP contribution < -0.4 is 0 Å². The second-order valence-electron chi connectivity index (χ2n) is 0.247. The minimum absolute atomic E-state index is 0. The molecule has 0 amide bonds. The van der Waals surface area contributed by atoms with E-state index in [1.807, 2.05) is 0 Å².